The van der Waals surface area contributed by atoms with E-state index in [0.717, 1.165) is 18.5 Å². The second kappa shape index (κ2) is 13.1. The molecule has 0 saturated carbocycles. The Labute approximate surface area is 155 Å². The van der Waals surface area contributed by atoms with E-state index in [1.165, 1.54) is 44.2 Å². The van der Waals surface area contributed by atoms with Crippen LogP contribution in [0.4, 0.5) is 5.69 Å². The summed E-state index contributed by atoms with van der Waals surface area (Å²) in [6.07, 6.45) is 7.41. The van der Waals surface area contributed by atoms with Crippen LogP contribution in [0.5, 0.6) is 0 Å². The van der Waals surface area contributed by atoms with Gasteiger partial charge in [-0.25, -0.2) is 4.99 Å². The maximum absolute atomic E-state index is 10.7. The van der Waals surface area contributed by atoms with Crippen LogP contribution in [-0.2, 0) is 6.54 Å². The molecule has 1 rings (SSSR count). The maximum Gasteiger partial charge on any atom is 0.269 e. The van der Waals surface area contributed by atoms with Crippen molar-refractivity contribution in [2.24, 2.45) is 10.7 Å². The fraction of sp³-hybridized carbons (Fsp3) is 0.562. The third-order valence-electron chi connectivity index (χ3n) is 3.39. The highest BCUT2D eigenvalue weighted by molar-refractivity contribution is 14.0. The molecule has 0 spiro atoms. The van der Waals surface area contributed by atoms with Crippen LogP contribution in [-0.4, -0.2) is 17.4 Å². The first-order valence-electron chi connectivity index (χ1n) is 7.90. The standard InChI is InChI=1S/C16H26N4O2.HI/c1-2-3-4-5-6-7-11-18-16(17)19-13-14-9-8-10-15(12-14)20(21)22;/h8-10,12H,2-7,11,13H2,1H3,(H3,17,18,19);1H. The molecule has 7 heteroatoms. The second-order valence-corrected chi connectivity index (χ2v) is 5.32. The lowest BCUT2D eigenvalue weighted by Crippen LogP contribution is -2.32. The van der Waals surface area contributed by atoms with Crippen LogP contribution >= 0.6 is 24.0 Å². The van der Waals surface area contributed by atoms with Gasteiger partial charge in [-0.15, -0.1) is 24.0 Å². The maximum atomic E-state index is 10.7. The fourth-order valence-corrected chi connectivity index (χ4v) is 2.12. The average Bonchev–Trinajstić information content (AvgIpc) is 2.52. The molecule has 0 aromatic heterocycles. The number of hydrogen-bond acceptors (Lipinski definition) is 3. The van der Waals surface area contributed by atoms with Gasteiger partial charge in [-0.3, -0.25) is 10.1 Å². The third kappa shape index (κ3) is 10.1. The highest BCUT2D eigenvalue weighted by Crippen LogP contribution is 2.13. The third-order valence-corrected chi connectivity index (χ3v) is 3.39. The molecule has 0 saturated heterocycles. The number of nitro benzene ring substituents is 1. The van der Waals surface area contributed by atoms with E-state index in [9.17, 15) is 10.1 Å². The van der Waals surface area contributed by atoms with Gasteiger partial charge < -0.3 is 11.1 Å². The highest BCUT2D eigenvalue weighted by Gasteiger charge is 2.04. The number of non-ortho nitro benzene ring substituents is 1. The second-order valence-electron chi connectivity index (χ2n) is 5.32. The molecular formula is C16H27IN4O2. The van der Waals surface area contributed by atoms with E-state index in [1.807, 2.05) is 0 Å². The molecule has 130 valence electrons. The molecule has 3 N–H and O–H groups in total. The van der Waals surface area contributed by atoms with E-state index in [2.05, 4.69) is 17.2 Å². The number of benzene rings is 1. The zero-order valence-electron chi connectivity index (χ0n) is 13.7. The summed E-state index contributed by atoms with van der Waals surface area (Å²) in [4.78, 5) is 14.5. The minimum Gasteiger partial charge on any atom is -0.370 e. The molecule has 1 aromatic carbocycles. The summed E-state index contributed by atoms with van der Waals surface area (Å²) in [6.45, 7) is 3.37. The molecule has 0 aliphatic carbocycles. The number of unbranched alkanes of at least 4 members (excludes halogenated alkanes) is 5. The van der Waals surface area contributed by atoms with Gasteiger partial charge in [-0.1, -0.05) is 51.2 Å². The lowest BCUT2D eigenvalue weighted by atomic mass is 10.1. The zero-order valence-corrected chi connectivity index (χ0v) is 16.0. The smallest absolute Gasteiger partial charge is 0.269 e. The van der Waals surface area contributed by atoms with Gasteiger partial charge in [-0.05, 0) is 12.0 Å². The Kier molecular flexibility index (Phi) is 12.3. The molecule has 0 bridgehead atoms. The van der Waals surface area contributed by atoms with Crippen molar-refractivity contribution >= 4 is 35.6 Å². The van der Waals surface area contributed by atoms with Crippen molar-refractivity contribution in [3.05, 3.63) is 39.9 Å². The molecule has 0 atom stereocenters. The molecule has 0 aliphatic heterocycles. The number of rotatable bonds is 10. The average molecular weight is 434 g/mol. The van der Waals surface area contributed by atoms with Gasteiger partial charge in [0.25, 0.3) is 5.69 Å². The Morgan fingerprint density at radius 1 is 1.26 bits per heavy atom. The van der Waals surface area contributed by atoms with Crippen LogP contribution in [0.1, 0.15) is 51.0 Å². The molecule has 0 unspecified atom stereocenters. The first-order chi connectivity index (χ1) is 10.6. The van der Waals surface area contributed by atoms with Crippen LogP contribution in [0.25, 0.3) is 0 Å². The van der Waals surface area contributed by atoms with Crippen LogP contribution in [0, 0.1) is 10.1 Å². The summed E-state index contributed by atoms with van der Waals surface area (Å²) in [5, 5.41) is 13.8. The van der Waals surface area contributed by atoms with E-state index < -0.39 is 4.92 Å². The van der Waals surface area contributed by atoms with Gasteiger partial charge in [0, 0.05) is 18.7 Å². The molecule has 0 fully saturated rings. The van der Waals surface area contributed by atoms with Crippen molar-refractivity contribution in [3.63, 3.8) is 0 Å². The predicted molar refractivity (Wildman–Crippen MR) is 105 cm³/mol. The lowest BCUT2D eigenvalue weighted by Gasteiger charge is -2.05. The summed E-state index contributed by atoms with van der Waals surface area (Å²) in [5.74, 6) is 0.389. The number of nitrogens with two attached hydrogens (primary N) is 1. The number of halogens is 1. The molecule has 0 amide bonds. The van der Waals surface area contributed by atoms with Crippen molar-refractivity contribution in [1.29, 1.82) is 0 Å². The van der Waals surface area contributed by atoms with E-state index in [-0.39, 0.29) is 29.7 Å². The molecule has 0 aliphatic rings. The van der Waals surface area contributed by atoms with Gasteiger partial charge in [0.05, 0.1) is 11.5 Å². The predicted octanol–water partition coefficient (Wildman–Crippen LogP) is 3.98. The SMILES string of the molecule is CCCCCCCCNC(N)=NCc1cccc([N+](=O)[O-])c1.I. The Bertz CT molecular complexity index is 495. The van der Waals surface area contributed by atoms with Crippen molar-refractivity contribution in [2.45, 2.75) is 52.0 Å². The van der Waals surface area contributed by atoms with Gasteiger partial charge in [0.15, 0.2) is 5.96 Å². The molecule has 0 heterocycles. The molecule has 1 aromatic rings. The Hall–Kier alpha value is -1.38. The van der Waals surface area contributed by atoms with Gasteiger partial charge in [0.2, 0.25) is 0 Å². The summed E-state index contributed by atoms with van der Waals surface area (Å²) < 4.78 is 0. The highest BCUT2D eigenvalue weighted by atomic mass is 127. The van der Waals surface area contributed by atoms with Crippen LogP contribution < -0.4 is 11.1 Å². The number of nitro groups is 1. The summed E-state index contributed by atoms with van der Waals surface area (Å²) >= 11 is 0. The molecule has 0 radical (unpaired) electrons. The van der Waals surface area contributed by atoms with E-state index in [4.69, 9.17) is 5.73 Å². The van der Waals surface area contributed by atoms with Crippen molar-refractivity contribution in [2.75, 3.05) is 6.54 Å². The van der Waals surface area contributed by atoms with Crippen LogP contribution in [0.2, 0.25) is 0 Å². The molecular weight excluding hydrogens is 407 g/mol. The monoisotopic (exact) mass is 434 g/mol. The molecule has 6 nitrogen and oxygen atoms in total. The Morgan fingerprint density at radius 3 is 2.65 bits per heavy atom. The lowest BCUT2D eigenvalue weighted by molar-refractivity contribution is -0.384. The summed E-state index contributed by atoms with van der Waals surface area (Å²) in [6, 6.07) is 6.44. The van der Waals surface area contributed by atoms with Crippen molar-refractivity contribution in [1.82, 2.24) is 5.32 Å². The van der Waals surface area contributed by atoms with Crippen molar-refractivity contribution < 1.29 is 4.92 Å². The van der Waals surface area contributed by atoms with Crippen LogP contribution in [0.15, 0.2) is 29.3 Å². The summed E-state index contributed by atoms with van der Waals surface area (Å²) in [5.41, 5.74) is 6.64. The normalized spacial score (nSPS) is 10.9. The fourth-order valence-electron chi connectivity index (χ4n) is 2.12. The van der Waals surface area contributed by atoms with Gasteiger partial charge in [-0.2, -0.15) is 0 Å². The minimum absolute atomic E-state index is 0. The van der Waals surface area contributed by atoms with Crippen molar-refractivity contribution in [3.8, 4) is 0 Å². The number of hydrogen-bond donors (Lipinski definition) is 2. The van der Waals surface area contributed by atoms with Gasteiger partial charge >= 0.3 is 0 Å². The van der Waals surface area contributed by atoms with E-state index in [1.54, 1.807) is 12.1 Å². The number of guanidine groups is 1. The zero-order chi connectivity index (χ0) is 16.2. The number of aliphatic imine (C=N–C) groups is 1. The topological polar surface area (TPSA) is 93.5 Å². The van der Waals surface area contributed by atoms with E-state index in [0.29, 0.717) is 12.5 Å². The van der Waals surface area contributed by atoms with Gasteiger partial charge in [0.1, 0.15) is 0 Å². The summed E-state index contributed by atoms with van der Waals surface area (Å²) in [7, 11) is 0. The first kappa shape index (κ1) is 21.6. The van der Waals surface area contributed by atoms with E-state index >= 15 is 0 Å². The largest absolute Gasteiger partial charge is 0.370 e. The van der Waals surface area contributed by atoms with Crippen LogP contribution in [0.3, 0.4) is 0 Å². The minimum atomic E-state index is -0.409. The number of nitrogens with one attached hydrogen (secondary N) is 1. The number of nitrogens with zero attached hydrogens (tertiary/aromatic N) is 2. The first-order valence-corrected chi connectivity index (χ1v) is 7.90. The Morgan fingerprint density at radius 2 is 1.96 bits per heavy atom. The molecule has 23 heavy (non-hydrogen) atoms. The Balaban J connectivity index is 0.00000484. The quantitative estimate of drug-likeness (QED) is 0.146.